The molecule has 208 valence electrons. The normalized spacial score (nSPS) is 12.9. The third-order valence-electron chi connectivity index (χ3n) is 6.78. The quantitative estimate of drug-likeness (QED) is 0.331. The molecule has 3 rings (SSSR count). The molecule has 2 atom stereocenters. The van der Waals surface area contributed by atoms with E-state index in [0.29, 0.717) is 0 Å². The molecule has 9 heteroatoms. The summed E-state index contributed by atoms with van der Waals surface area (Å²) in [6.45, 7) is 8.91. The molecule has 1 N–H and O–H groups in total. The molecule has 0 aliphatic rings. The van der Waals surface area contributed by atoms with Crippen LogP contribution in [-0.2, 0) is 26.2 Å². The molecule has 39 heavy (non-hydrogen) atoms. The summed E-state index contributed by atoms with van der Waals surface area (Å²) in [5, 5.41) is 3.12. The van der Waals surface area contributed by atoms with Gasteiger partial charge in [-0.1, -0.05) is 72.6 Å². The Bertz CT molecular complexity index is 1410. The molecule has 0 saturated heterocycles. The average molecular weight is 570 g/mol. The summed E-state index contributed by atoms with van der Waals surface area (Å²) >= 11 is 6.44. The van der Waals surface area contributed by atoms with E-state index in [1.807, 2.05) is 52.0 Å². The molecule has 0 fully saturated rings. The Kier molecular flexibility index (Phi) is 10.2. The van der Waals surface area contributed by atoms with E-state index in [2.05, 4.69) is 5.32 Å². The fraction of sp³-hybridized carbons (Fsp3) is 0.333. The number of benzene rings is 3. The molecule has 3 aromatic carbocycles. The van der Waals surface area contributed by atoms with Crippen LogP contribution in [-0.4, -0.2) is 43.8 Å². The van der Waals surface area contributed by atoms with Crippen LogP contribution in [0.5, 0.6) is 0 Å². The summed E-state index contributed by atoms with van der Waals surface area (Å²) in [7, 11) is -4.17. The highest BCUT2D eigenvalue weighted by Crippen LogP contribution is 2.31. The summed E-state index contributed by atoms with van der Waals surface area (Å²) in [6, 6.07) is 19.6. The van der Waals surface area contributed by atoms with Crippen LogP contribution in [0, 0.1) is 13.8 Å². The van der Waals surface area contributed by atoms with Crippen molar-refractivity contribution in [1.82, 2.24) is 10.2 Å². The minimum Gasteiger partial charge on any atom is -0.352 e. The van der Waals surface area contributed by atoms with E-state index < -0.39 is 28.5 Å². The highest BCUT2D eigenvalue weighted by molar-refractivity contribution is 7.92. The Morgan fingerprint density at radius 3 is 2.15 bits per heavy atom. The lowest BCUT2D eigenvalue weighted by Crippen LogP contribution is -2.52. The number of rotatable bonds is 11. The number of carbonyl (C=O) groups excluding carboxylic acids is 2. The standard InChI is InChI=1S/C30H36ClN3O4S/c1-6-23(4)32-30(36)24(5)33(19-25-12-8-7-11-22(25)3)29(35)20-34(28-14-10-9-13-27(28)31)39(37,38)26-17-15-21(2)16-18-26/h7-18,23-24H,6,19-20H2,1-5H3,(H,32,36)/t23-,24-/m1/s1. The third kappa shape index (κ3) is 7.40. The van der Waals surface area contributed by atoms with Crippen LogP contribution in [0.15, 0.2) is 77.7 Å². The van der Waals surface area contributed by atoms with Gasteiger partial charge in [0.1, 0.15) is 12.6 Å². The van der Waals surface area contributed by atoms with Crippen LogP contribution in [0.1, 0.15) is 43.9 Å². The predicted molar refractivity (Wildman–Crippen MR) is 156 cm³/mol. The van der Waals surface area contributed by atoms with Crippen molar-refractivity contribution in [2.75, 3.05) is 10.8 Å². The van der Waals surface area contributed by atoms with E-state index in [-0.39, 0.29) is 34.1 Å². The second-order valence-corrected chi connectivity index (χ2v) is 12.0. The van der Waals surface area contributed by atoms with Gasteiger partial charge in [0.05, 0.1) is 15.6 Å². The lowest BCUT2D eigenvalue weighted by molar-refractivity contribution is -0.139. The van der Waals surface area contributed by atoms with Crippen LogP contribution < -0.4 is 9.62 Å². The van der Waals surface area contributed by atoms with Gasteiger partial charge in [-0.15, -0.1) is 0 Å². The van der Waals surface area contributed by atoms with E-state index >= 15 is 0 Å². The van der Waals surface area contributed by atoms with Crippen molar-refractivity contribution in [2.24, 2.45) is 0 Å². The second-order valence-electron chi connectivity index (χ2n) is 9.72. The maximum atomic E-state index is 14.0. The Morgan fingerprint density at radius 2 is 1.54 bits per heavy atom. The average Bonchev–Trinajstić information content (AvgIpc) is 2.91. The van der Waals surface area contributed by atoms with Gasteiger partial charge in [0.25, 0.3) is 10.0 Å². The summed E-state index contributed by atoms with van der Waals surface area (Å²) in [5.41, 5.74) is 2.90. The maximum Gasteiger partial charge on any atom is 0.264 e. The number of halogens is 1. The number of carbonyl (C=O) groups is 2. The van der Waals surface area contributed by atoms with Gasteiger partial charge in [-0.3, -0.25) is 13.9 Å². The number of para-hydroxylation sites is 1. The molecular weight excluding hydrogens is 534 g/mol. The molecule has 0 unspecified atom stereocenters. The van der Waals surface area contributed by atoms with Gasteiger partial charge in [0.15, 0.2) is 0 Å². The first-order chi connectivity index (χ1) is 18.4. The first kappa shape index (κ1) is 30.2. The monoisotopic (exact) mass is 569 g/mol. The fourth-order valence-electron chi connectivity index (χ4n) is 4.02. The highest BCUT2D eigenvalue weighted by atomic mass is 35.5. The fourth-order valence-corrected chi connectivity index (χ4v) is 5.74. The predicted octanol–water partition coefficient (Wildman–Crippen LogP) is 5.48. The molecule has 0 bridgehead atoms. The van der Waals surface area contributed by atoms with Gasteiger partial charge in [-0.2, -0.15) is 0 Å². The minimum absolute atomic E-state index is 0.0360. The van der Waals surface area contributed by atoms with Crippen molar-refractivity contribution < 1.29 is 18.0 Å². The van der Waals surface area contributed by atoms with Crippen LogP contribution in [0.4, 0.5) is 5.69 Å². The smallest absolute Gasteiger partial charge is 0.264 e. The molecule has 3 aromatic rings. The number of hydrogen-bond acceptors (Lipinski definition) is 4. The maximum absolute atomic E-state index is 14.0. The minimum atomic E-state index is -4.17. The van der Waals surface area contributed by atoms with Gasteiger partial charge < -0.3 is 10.2 Å². The number of aryl methyl sites for hydroxylation is 2. The Labute approximate surface area is 236 Å². The summed E-state index contributed by atoms with van der Waals surface area (Å²) in [5.74, 6) is -0.836. The molecule has 2 amide bonds. The highest BCUT2D eigenvalue weighted by Gasteiger charge is 2.33. The van der Waals surface area contributed by atoms with E-state index in [0.717, 1.165) is 27.4 Å². The molecule has 7 nitrogen and oxygen atoms in total. The molecular formula is C30H36ClN3O4S. The van der Waals surface area contributed by atoms with Gasteiger partial charge in [0.2, 0.25) is 11.8 Å². The molecule has 0 heterocycles. The number of anilines is 1. The van der Waals surface area contributed by atoms with E-state index in [4.69, 9.17) is 11.6 Å². The zero-order valence-corrected chi connectivity index (χ0v) is 24.6. The number of nitrogens with one attached hydrogen (secondary N) is 1. The molecule has 0 aliphatic heterocycles. The van der Waals surface area contributed by atoms with E-state index in [1.165, 1.54) is 17.0 Å². The molecule has 0 aromatic heterocycles. The van der Waals surface area contributed by atoms with Crippen molar-refractivity contribution >= 4 is 39.1 Å². The van der Waals surface area contributed by atoms with Gasteiger partial charge in [0, 0.05) is 12.6 Å². The van der Waals surface area contributed by atoms with Gasteiger partial charge >= 0.3 is 0 Å². The molecule has 0 aliphatic carbocycles. The van der Waals surface area contributed by atoms with Crippen molar-refractivity contribution in [3.63, 3.8) is 0 Å². The third-order valence-corrected chi connectivity index (χ3v) is 8.87. The second kappa shape index (κ2) is 13.1. The topological polar surface area (TPSA) is 86.8 Å². The SMILES string of the molecule is CC[C@@H](C)NC(=O)[C@@H](C)N(Cc1ccccc1C)C(=O)CN(c1ccccc1Cl)S(=O)(=O)c1ccc(C)cc1. The first-order valence-corrected chi connectivity index (χ1v) is 14.8. The van der Waals surface area contributed by atoms with Crippen molar-refractivity contribution in [2.45, 2.75) is 64.6 Å². The zero-order chi connectivity index (χ0) is 28.7. The van der Waals surface area contributed by atoms with Crippen LogP contribution in [0.2, 0.25) is 5.02 Å². The number of sulfonamides is 1. The summed E-state index contributed by atoms with van der Waals surface area (Å²) in [6.07, 6.45) is 0.735. The van der Waals surface area contributed by atoms with Crippen molar-refractivity contribution in [3.8, 4) is 0 Å². The lowest BCUT2D eigenvalue weighted by Gasteiger charge is -2.33. The number of hydrogen-bond donors (Lipinski definition) is 1. The Hall–Kier alpha value is -3.36. The van der Waals surface area contributed by atoms with Crippen LogP contribution in [0.25, 0.3) is 0 Å². The van der Waals surface area contributed by atoms with E-state index in [1.54, 1.807) is 43.3 Å². The summed E-state index contributed by atoms with van der Waals surface area (Å²) in [4.78, 5) is 28.6. The molecule has 0 radical (unpaired) electrons. The number of nitrogens with zero attached hydrogens (tertiary/aromatic N) is 2. The number of amides is 2. The molecule has 0 spiro atoms. The van der Waals surface area contributed by atoms with Crippen LogP contribution >= 0.6 is 11.6 Å². The van der Waals surface area contributed by atoms with Crippen LogP contribution in [0.3, 0.4) is 0 Å². The molecule has 0 saturated carbocycles. The first-order valence-electron chi connectivity index (χ1n) is 12.9. The Balaban J connectivity index is 2.05. The van der Waals surface area contributed by atoms with Gasteiger partial charge in [-0.05, 0) is 69.5 Å². The van der Waals surface area contributed by atoms with Gasteiger partial charge in [-0.25, -0.2) is 8.42 Å². The van der Waals surface area contributed by atoms with E-state index in [9.17, 15) is 18.0 Å². The van der Waals surface area contributed by atoms with Crippen molar-refractivity contribution in [1.29, 1.82) is 0 Å². The summed E-state index contributed by atoms with van der Waals surface area (Å²) < 4.78 is 28.8. The lowest BCUT2D eigenvalue weighted by atomic mass is 10.1. The Morgan fingerprint density at radius 1 is 0.923 bits per heavy atom. The largest absolute Gasteiger partial charge is 0.352 e. The van der Waals surface area contributed by atoms with Crippen molar-refractivity contribution in [3.05, 3.63) is 94.5 Å². The zero-order valence-electron chi connectivity index (χ0n) is 23.0.